The van der Waals surface area contributed by atoms with E-state index in [0.717, 1.165) is 19.3 Å². The zero-order valence-electron chi connectivity index (χ0n) is 12.5. The highest BCUT2D eigenvalue weighted by molar-refractivity contribution is 5.26. The smallest absolute Gasteiger partial charge is 0.0705 e. The molecule has 0 aromatic rings. The van der Waals surface area contributed by atoms with Crippen LogP contribution in [0.3, 0.4) is 0 Å². The molecule has 2 aliphatic carbocycles. The molecule has 19 heavy (non-hydrogen) atoms. The lowest BCUT2D eigenvalue weighted by Crippen LogP contribution is -2.43. The first-order chi connectivity index (χ1) is 9.17. The minimum atomic E-state index is -0.00124. The Morgan fingerprint density at radius 3 is 2.79 bits per heavy atom. The van der Waals surface area contributed by atoms with Gasteiger partial charge in [0.15, 0.2) is 0 Å². The SMILES string of the molecule is C/C=C1/C=C[C@@]2(CCCC(CC)(OCCO)C2)CC1. The van der Waals surface area contributed by atoms with Crippen molar-refractivity contribution in [1.82, 2.24) is 0 Å². The van der Waals surface area contributed by atoms with Crippen LogP contribution in [0.4, 0.5) is 0 Å². The number of hydrogen-bond acceptors (Lipinski definition) is 2. The van der Waals surface area contributed by atoms with E-state index in [1.54, 1.807) is 0 Å². The lowest BCUT2D eigenvalue weighted by atomic mass is 9.62. The van der Waals surface area contributed by atoms with Crippen molar-refractivity contribution in [2.75, 3.05) is 13.2 Å². The average molecular weight is 264 g/mol. The number of rotatable bonds is 4. The first-order valence-electron chi connectivity index (χ1n) is 7.77. The maximum atomic E-state index is 9.03. The third kappa shape index (κ3) is 3.29. The standard InChI is InChI=1S/C17H28O2/c1-3-15-6-10-16(11-7-15)8-5-9-17(4-2,14-16)19-13-12-18/h3,6,10,18H,4-5,7-9,11-14H2,1-2H3/b15-3-/t16-,17?/m0/s1. The summed E-state index contributed by atoms with van der Waals surface area (Å²) in [5.41, 5.74) is 1.81. The molecule has 1 saturated carbocycles. The van der Waals surface area contributed by atoms with E-state index in [4.69, 9.17) is 9.84 Å². The fraction of sp³-hybridized carbons (Fsp3) is 0.765. The largest absolute Gasteiger partial charge is 0.394 e. The monoisotopic (exact) mass is 264 g/mol. The molecule has 0 aromatic carbocycles. The zero-order valence-corrected chi connectivity index (χ0v) is 12.5. The minimum absolute atomic E-state index is 0.00124. The Bertz CT molecular complexity index is 358. The van der Waals surface area contributed by atoms with E-state index in [9.17, 15) is 0 Å². The molecular weight excluding hydrogens is 236 g/mol. The molecule has 0 amide bonds. The molecule has 0 bridgehead atoms. The van der Waals surface area contributed by atoms with Crippen LogP contribution in [0.25, 0.3) is 0 Å². The Hall–Kier alpha value is -0.600. The molecular formula is C17H28O2. The molecule has 1 N–H and O–H groups in total. The second-order valence-corrected chi connectivity index (χ2v) is 6.20. The topological polar surface area (TPSA) is 29.5 Å². The highest BCUT2D eigenvalue weighted by atomic mass is 16.5. The van der Waals surface area contributed by atoms with Gasteiger partial charge in [-0.25, -0.2) is 0 Å². The number of aliphatic hydroxyl groups excluding tert-OH is 1. The number of ether oxygens (including phenoxy) is 1. The number of hydrogen-bond donors (Lipinski definition) is 1. The van der Waals surface area contributed by atoms with E-state index >= 15 is 0 Å². The summed E-state index contributed by atoms with van der Waals surface area (Å²) in [4.78, 5) is 0. The molecule has 0 aromatic heterocycles. The highest BCUT2D eigenvalue weighted by Gasteiger charge is 2.43. The molecule has 108 valence electrons. The van der Waals surface area contributed by atoms with Gasteiger partial charge in [-0.05, 0) is 57.3 Å². The summed E-state index contributed by atoms with van der Waals surface area (Å²) < 4.78 is 6.05. The van der Waals surface area contributed by atoms with E-state index in [1.165, 1.54) is 31.3 Å². The van der Waals surface area contributed by atoms with Gasteiger partial charge in [-0.15, -0.1) is 0 Å². The van der Waals surface area contributed by atoms with E-state index in [0.29, 0.717) is 12.0 Å². The molecule has 2 rings (SSSR count). The van der Waals surface area contributed by atoms with Crippen molar-refractivity contribution in [3.8, 4) is 0 Å². The Morgan fingerprint density at radius 1 is 1.37 bits per heavy atom. The number of allylic oxidation sites excluding steroid dienone is 4. The average Bonchev–Trinajstić information content (AvgIpc) is 2.46. The summed E-state index contributed by atoms with van der Waals surface area (Å²) in [6, 6.07) is 0. The Morgan fingerprint density at radius 2 is 2.21 bits per heavy atom. The van der Waals surface area contributed by atoms with Gasteiger partial charge in [0.2, 0.25) is 0 Å². The van der Waals surface area contributed by atoms with Gasteiger partial charge in [-0.3, -0.25) is 0 Å². The second-order valence-electron chi connectivity index (χ2n) is 6.20. The third-order valence-electron chi connectivity index (χ3n) is 5.06. The van der Waals surface area contributed by atoms with Crippen LogP contribution < -0.4 is 0 Å². The zero-order chi connectivity index (χ0) is 13.8. The Balaban J connectivity index is 2.11. The van der Waals surface area contributed by atoms with Crippen LogP contribution in [-0.2, 0) is 4.74 Å². The molecule has 0 saturated heterocycles. The van der Waals surface area contributed by atoms with Crippen molar-refractivity contribution in [1.29, 1.82) is 0 Å². The molecule has 0 radical (unpaired) electrons. The van der Waals surface area contributed by atoms with Crippen molar-refractivity contribution in [2.45, 2.75) is 64.4 Å². The van der Waals surface area contributed by atoms with Crippen LogP contribution in [0.5, 0.6) is 0 Å². The molecule has 2 atom stereocenters. The third-order valence-corrected chi connectivity index (χ3v) is 5.06. The van der Waals surface area contributed by atoms with Crippen LogP contribution in [-0.4, -0.2) is 23.9 Å². The lowest BCUT2D eigenvalue weighted by molar-refractivity contribution is -0.107. The summed E-state index contributed by atoms with van der Waals surface area (Å²) in [7, 11) is 0. The second kappa shape index (κ2) is 6.23. The van der Waals surface area contributed by atoms with Gasteiger partial charge in [-0.1, -0.05) is 30.7 Å². The molecule has 1 unspecified atom stereocenters. The molecule has 2 heteroatoms. The molecule has 2 nitrogen and oxygen atoms in total. The van der Waals surface area contributed by atoms with Crippen molar-refractivity contribution < 1.29 is 9.84 Å². The van der Waals surface area contributed by atoms with Crippen LogP contribution >= 0.6 is 0 Å². The fourth-order valence-corrected chi connectivity index (χ4v) is 3.81. The predicted molar refractivity (Wildman–Crippen MR) is 79.1 cm³/mol. The van der Waals surface area contributed by atoms with Crippen LogP contribution in [0.2, 0.25) is 0 Å². The van der Waals surface area contributed by atoms with Gasteiger partial charge in [0.05, 0.1) is 18.8 Å². The summed E-state index contributed by atoms with van der Waals surface area (Å²) in [5, 5.41) is 9.03. The molecule has 1 spiro atoms. The van der Waals surface area contributed by atoms with Gasteiger partial charge in [0.25, 0.3) is 0 Å². The van der Waals surface area contributed by atoms with Gasteiger partial charge in [-0.2, -0.15) is 0 Å². The first kappa shape index (κ1) is 14.8. The maximum absolute atomic E-state index is 9.03. The van der Waals surface area contributed by atoms with Gasteiger partial charge >= 0.3 is 0 Å². The lowest BCUT2D eigenvalue weighted by Gasteiger charge is -2.47. The van der Waals surface area contributed by atoms with Crippen molar-refractivity contribution >= 4 is 0 Å². The normalized spacial score (nSPS) is 37.1. The summed E-state index contributed by atoms with van der Waals surface area (Å²) in [6.07, 6.45) is 15.3. The van der Waals surface area contributed by atoms with E-state index in [1.807, 2.05) is 0 Å². The Labute approximate surface area is 117 Å². The summed E-state index contributed by atoms with van der Waals surface area (Å²) in [5.74, 6) is 0. The van der Waals surface area contributed by atoms with E-state index in [-0.39, 0.29) is 12.2 Å². The fourth-order valence-electron chi connectivity index (χ4n) is 3.81. The minimum Gasteiger partial charge on any atom is -0.394 e. The van der Waals surface area contributed by atoms with E-state index < -0.39 is 0 Å². The molecule has 0 heterocycles. The van der Waals surface area contributed by atoms with Crippen LogP contribution in [0, 0.1) is 5.41 Å². The van der Waals surface area contributed by atoms with Crippen molar-refractivity contribution in [3.05, 3.63) is 23.8 Å². The number of aliphatic hydroxyl groups is 1. The van der Waals surface area contributed by atoms with Gasteiger partial charge < -0.3 is 9.84 Å². The summed E-state index contributed by atoms with van der Waals surface area (Å²) in [6.45, 7) is 4.96. The van der Waals surface area contributed by atoms with Crippen LogP contribution in [0.1, 0.15) is 58.8 Å². The van der Waals surface area contributed by atoms with Crippen LogP contribution in [0.15, 0.2) is 23.8 Å². The van der Waals surface area contributed by atoms with Gasteiger partial charge in [0.1, 0.15) is 0 Å². The maximum Gasteiger partial charge on any atom is 0.0705 e. The first-order valence-corrected chi connectivity index (χ1v) is 7.77. The van der Waals surface area contributed by atoms with Gasteiger partial charge in [0, 0.05) is 0 Å². The predicted octanol–water partition coefficient (Wildman–Crippen LogP) is 4.00. The molecule has 0 aliphatic heterocycles. The molecule has 2 aliphatic rings. The summed E-state index contributed by atoms with van der Waals surface area (Å²) >= 11 is 0. The molecule has 1 fully saturated rings. The quantitative estimate of drug-likeness (QED) is 0.831. The Kier molecular flexibility index (Phi) is 4.86. The highest BCUT2D eigenvalue weighted by Crippen LogP contribution is 2.50. The van der Waals surface area contributed by atoms with Crippen molar-refractivity contribution in [2.24, 2.45) is 5.41 Å². The van der Waals surface area contributed by atoms with E-state index in [2.05, 4.69) is 32.1 Å². The van der Waals surface area contributed by atoms with Crippen molar-refractivity contribution in [3.63, 3.8) is 0 Å².